The fraction of sp³-hybridized carbons (Fsp3) is 0.609. The number of benzene rings is 1. The summed E-state index contributed by atoms with van der Waals surface area (Å²) in [6.45, 7) is 6.21. The molecule has 32 heavy (non-hydrogen) atoms. The fourth-order valence-electron chi connectivity index (χ4n) is 4.17. The summed E-state index contributed by atoms with van der Waals surface area (Å²) >= 11 is 0. The monoisotopic (exact) mass is 444 g/mol. The number of anilines is 1. The van der Waals surface area contributed by atoms with Gasteiger partial charge in [-0.05, 0) is 24.5 Å². The van der Waals surface area contributed by atoms with Crippen LogP contribution < -0.4 is 15.5 Å². The Hall–Kier alpha value is -2.65. The van der Waals surface area contributed by atoms with E-state index in [1.807, 2.05) is 23.1 Å². The summed E-state index contributed by atoms with van der Waals surface area (Å²) in [5.74, 6) is 1.07. The van der Waals surface area contributed by atoms with Crippen molar-refractivity contribution >= 4 is 23.5 Å². The molecule has 1 saturated heterocycles. The molecule has 0 aliphatic carbocycles. The second kappa shape index (κ2) is 12.4. The molecule has 1 fully saturated rings. The van der Waals surface area contributed by atoms with E-state index in [0.29, 0.717) is 32.7 Å². The zero-order valence-corrected chi connectivity index (χ0v) is 19.3. The maximum atomic E-state index is 12.6. The van der Waals surface area contributed by atoms with Gasteiger partial charge < -0.3 is 25.2 Å². The van der Waals surface area contributed by atoms with E-state index in [1.165, 1.54) is 5.56 Å². The highest BCUT2D eigenvalue weighted by Crippen LogP contribution is 2.27. The van der Waals surface area contributed by atoms with Crippen LogP contribution in [0.4, 0.5) is 5.69 Å². The van der Waals surface area contributed by atoms with Gasteiger partial charge in [0.2, 0.25) is 11.8 Å². The van der Waals surface area contributed by atoms with Crippen LogP contribution >= 0.6 is 0 Å². The van der Waals surface area contributed by atoms with Gasteiger partial charge in [0.05, 0.1) is 13.2 Å². The molecule has 0 radical (unpaired) electrons. The van der Waals surface area contributed by atoms with Crippen LogP contribution in [0.5, 0.6) is 0 Å². The van der Waals surface area contributed by atoms with E-state index in [2.05, 4.69) is 31.5 Å². The van der Waals surface area contributed by atoms with Crippen molar-refractivity contribution < 1.29 is 14.3 Å². The van der Waals surface area contributed by atoms with Gasteiger partial charge in [0.25, 0.3) is 0 Å². The zero-order valence-electron chi connectivity index (χ0n) is 19.3. The van der Waals surface area contributed by atoms with Crippen LogP contribution in [-0.2, 0) is 20.7 Å². The van der Waals surface area contributed by atoms with Gasteiger partial charge in [-0.3, -0.25) is 19.5 Å². The van der Waals surface area contributed by atoms with Gasteiger partial charge in [-0.1, -0.05) is 18.2 Å². The van der Waals surface area contributed by atoms with Gasteiger partial charge in [-0.15, -0.1) is 0 Å². The van der Waals surface area contributed by atoms with E-state index >= 15 is 0 Å². The summed E-state index contributed by atoms with van der Waals surface area (Å²) in [4.78, 5) is 35.3. The lowest BCUT2D eigenvalue weighted by Gasteiger charge is -2.36. The van der Waals surface area contributed by atoms with Gasteiger partial charge >= 0.3 is 0 Å². The van der Waals surface area contributed by atoms with Crippen molar-refractivity contribution in [2.45, 2.75) is 19.3 Å². The SMILES string of the molecule is CN=C(NCCCC(=O)N1CCc2ccccc21)N1CCN(CC(=O)NCCOC)CC1. The highest BCUT2D eigenvalue weighted by Gasteiger charge is 2.24. The minimum Gasteiger partial charge on any atom is -0.383 e. The van der Waals surface area contributed by atoms with E-state index in [4.69, 9.17) is 4.74 Å². The number of hydrogen-bond acceptors (Lipinski definition) is 5. The predicted molar refractivity (Wildman–Crippen MR) is 126 cm³/mol. The maximum Gasteiger partial charge on any atom is 0.234 e. The van der Waals surface area contributed by atoms with Crippen molar-refractivity contribution in [3.8, 4) is 0 Å². The highest BCUT2D eigenvalue weighted by atomic mass is 16.5. The molecular formula is C23H36N6O3. The first-order valence-corrected chi connectivity index (χ1v) is 11.4. The molecule has 0 bridgehead atoms. The lowest BCUT2D eigenvalue weighted by molar-refractivity contribution is -0.122. The Kier molecular flexibility index (Phi) is 9.30. The van der Waals surface area contributed by atoms with Crippen LogP contribution in [0.3, 0.4) is 0 Å². The van der Waals surface area contributed by atoms with Crippen molar-refractivity contribution in [1.29, 1.82) is 0 Å². The lowest BCUT2D eigenvalue weighted by atomic mass is 10.2. The van der Waals surface area contributed by atoms with E-state index < -0.39 is 0 Å². The second-order valence-corrected chi connectivity index (χ2v) is 8.11. The average molecular weight is 445 g/mol. The molecule has 9 nitrogen and oxygen atoms in total. The number of guanidine groups is 1. The molecule has 0 unspecified atom stereocenters. The summed E-state index contributed by atoms with van der Waals surface area (Å²) in [7, 11) is 3.40. The zero-order chi connectivity index (χ0) is 22.8. The van der Waals surface area contributed by atoms with Crippen LogP contribution in [-0.4, -0.2) is 101 Å². The summed E-state index contributed by atoms with van der Waals surface area (Å²) in [6, 6.07) is 8.15. The van der Waals surface area contributed by atoms with Crippen LogP contribution in [0.2, 0.25) is 0 Å². The van der Waals surface area contributed by atoms with Crippen molar-refractivity contribution in [2.24, 2.45) is 4.99 Å². The number of fused-ring (bicyclic) bond motifs is 1. The molecule has 0 saturated carbocycles. The number of carbonyl (C=O) groups is 2. The van der Waals surface area contributed by atoms with Gasteiger partial charge in [0.15, 0.2) is 5.96 Å². The molecule has 0 aromatic heterocycles. The first kappa shape index (κ1) is 24.0. The minimum absolute atomic E-state index is 0.0308. The number of carbonyl (C=O) groups excluding carboxylic acids is 2. The van der Waals surface area contributed by atoms with E-state index in [-0.39, 0.29) is 11.8 Å². The normalized spacial score (nSPS) is 16.8. The molecule has 2 amide bonds. The van der Waals surface area contributed by atoms with Crippen LogP contribution in [0.1, 0.15) is 18.4 Å². The summed E-state index contributed by atoms with van der Waals surface area (Å²) in [5.41, 5.74) is 2.32. The number of amides is 2. The quantitative estimate of drug-likeness (QED) is 0.324. The van der Waals surface area contributed by atoms with Crippen molar-refractivity contribution in [3.05, 3.63) is 29.8 Å². The number of methoxy groups -OCH3 is 1. The number of piperazine rings is 1. The van der Waals surface area contributed by atoms with Crippen molar-refractivity contribution in [3.63, 3.8) is 0 Å². The predicted octanol–water partition coefficient (Wildman–Crippen LogP) is 0.312. The Bertz CT molecular complexity index is 792. The fourth-order valence-corrected chi connectivity index (χ4v) is 4.17. The Balaban J connectivity index is 1.33. The van der Waals surface area contributed by atoms with Crippen LogP contribution in [0.15, 0.2) is 29.3 Å². The van der Waals surface area contributed by atoms with Gasteiger partial charge in [-0.25, -0.2) is 0 Å². The first-order chi connectivity index (χ1) is 15.6. The standard InChI is InChI=1S/C23H36N6O3/c1-24-23(28-15-13-27(14-16-28)18-21(30)25-11-17-32-2)26-10-5-8-22(31)29-12-9-19-6-3-4-7-20(19)29/h3-4,6-7H,5,8-18H2,1-2H3,(H,24,26)(H,25,30). The topological polar surface area (TPSA) is 89.5 Å². The second-order valence-electron chi connectivity index (χ2n) is 8.11. The molecule has 1 aromatic carbocycles. The van der Waals surface area contributed by atoms with Gasteiger partial charge in [0, 0.05) is 72.1 Å². The summed E-state index contributed by atoms with van der Waals surface area (Å²) in [5, 5.41) is 6.25. The Labute approximate surface area is 190 Å². The third-order valence-corrected chi connectivity index (χ3v) is 5.92. The van der Waals surface area contributed by atoms with Crippen molar-refractivity contribution in [2.75, 3.05) is 78.0 Å². The largest absolute Gasteiger partial charge is 0.383 e. The minimum atomic E-state index is 0.0308. The number of aliphatic imine (C=N–C) groups is 1. The third kappa shape index (κ3) is 6.67. The smallest absolute Gasteiger partial charge is 0.234 e. The molecule has 1 aromatic rings. The summed E-state index contributed by atoms with van der Waals surface area (Å²) in [6.07, 6.45) is 2.22. The average Bonchev–Trinajstić information content (AvgIpc) is 3.24. The van der Waals surface area contributed by atoms with Gasteiger partial charge in [0.1, 0.15) is 0 Å². The molecule has 0 spiro atoms. The molecule has 2 N–H and O–H groups in total. The molecule has 2 heterocycles. The Morgan fingerprint density at radius 1 is 1.06 bits per heavy atom. The number of ether oxygens (including phenoxy) is 1. The number of para-hydroxylation sites is 1. The van der Waals surface area contributed by atoms with E-state index in [9.17, 15) is 9.59 Å². The molecule has 2 aliphatic rings. The molecule has 2 aliphatic heterocycles. The highest BCUT2D eigenvalue weighted by molar-refractivity contribution is 5.95. The number of hydrogen-bond donors (Lipinski definition) is 2. The Morgan fingerprint density at radius 3 is 2.59 bits per heavy atom. The Morgan fingerprint density at radius 2 is 1.84 bits per heavy atom. The van der Waals surface area contributed by atoms with E-state index in [1.54, 1.807) is 14.2 Å². The number of nitrogens with zero attached hydrogens (tertiary/aromatic N) is 4. The van der Waals surface area contributed by atoms with Crippen LogP contribution in [0.25, 0.3) is 0 Å². The van der Waals surface area contributed by atoms with Crippen LogP contribution in [0, 0.1) is 0 Å². The summed E-state index contributed by atoms with van der Waals surface area (Å²) < 4.78 is 4.95. The first-order valence-electron chi connectivity index (χ1n) is 11.4. The van der Waals surface area contributed by atoms with Gasteiger partial charge in [-0.2, -0.15) is 0 Å². The molecule has 0 atom stereocenters. The molecule has 3 rings (SSSR count). The van der Waals surface area contributed by atoms with E-state index in [0.717, 1.165) is 57.2 Å². The lowest BCUT2D eigenvalue weighted by Crippen LogP contribution is -2.54. The molecular weight excluding hydrogens is 408 g/mol. The molecule has 9 heteroatoms. The third-order valence-electron chi connectivity index (χ3n) is 5.92. The maximum absolute atomic E-state index is 12.6. The number of rotatable bonds is 9. The number of nitrogens with one attached hydrogen (secondary N) is 2. The molecule has 176 valence electrons. The van der Waals surface area contributed by atoms with Crippen molar-refractivity contribution in [1.82, 2.24) is 20.4 Å².